The Morgan fingerprint density at radius 3 is 2.90 bits per heavy atom. The molecule has 0 saturated carbocycles. The van der Waals surface area contributed by atoms with Gasteiger partial charge in [-0.25, -0.2) is 0 Å². The molecule has 0 saturated heterocycles. The van der Waals surface area contributed by atoms with Gasteiger partial charge in [-0.1, -0.05) is 18.5 Å². The minimum absolute atomic E-state index is 0.118. The average molecular weight is 413 g/mol. The molecule has 150 valence electrons. The lowest BCUT2D eigenvalue weighted by molar-refractivity contribution is -0.116. The van der Waals surface area contributed by atoms with E-state index in [0.29, 0.717) is 28.9 Å². The lowest BCUT2D eigenvalue weighted by Crippen LogP contribution is -2.23. The SMILES string of the molecule is CCCOc1cc(Cl)c(C2CC(=O)Nc3n[nH]c(-c4cccnc4)c32)cc1OC. The lowest BCUT2D eigenvalue weighted by Gasteiger charge is -2.25. The van der Waals surface area contributed by atoms with E-state index >= 15 is 0 Å². The number of aromatic amines is 1. The maximum atomic E-state index is 12.4. The second-order valence-corrected chi connectivity index (χ2v) is 7.19. The molecule has 0 aliphatic carbocycles. The Kier molecular flexibility index (Phi) is 5.40. The predicted octanol–water partition coefficient (Wildman–Crippen LogP) is 4.40. The molecular weight excluding hydrogens is 392 g/mol. The molecule has 1 unspecified atom stereocenters. The van der Waals surface area contributed by atoms with Crippen molar-refractivity contribution < 1.29 is 14.3 Å². The van der Waals surface area contributed by atoms with Crippen LogP contribution in [-0.2, 0) is 4.79 Å². The monoisotopic (exact) mass is 412 g/mol. The molecule has 0 bridgehead atoms. The summed E-state index contributed by atoms with van der Waals surface area (Å²) < 4.78 is 11.3. The van der Waals surface area contributed by atoms with E-state index in [2.05, 4.69) is 20.5 Å². The van der Waals surface area contributed by atoms with Crippen LogP contribution in [0.1, 0.15) is 36.8 Å². The first-order valence-electron chi connectivity index (χ1n) is 9.41. The fraction of sp³-hybridized carbons (Fsp3) is 0.286. The molecule has 0 fully saturated rings. The minimum Gasteiger partial charge on any atom is -0.493 e. The maximum Gasteiger partial charge on any atom is 0.226 e. The highest BCUT2D eigenvalue weighted by Gasteiger charge is 2.34. The zero-order valence-corrected chi connectivity index (χ0v) is 16.9. The lowest BCUT2D eigenvalue weighted by atomic mass is 9.84. The molecule has 29 heavy (non-hydrogen) atoms. The minimum atomic E-state index is -0.283. The number of methoxy groups -OCH3 is 1. The number of halogens is 1. The van der Waals surface area contributed by atoms with Crippen LogP contribution < -0.4 is 14.8 Å². The summed E-state index contributed by atoms with van der Waals surface area (Å²) in [4.78, 5) is 16.5. The second-order valence-electron chi connectivity index (χ2n) is 6.78. The molecule has 3 heterocycles. The van der Waals surface area contributed by atoms with E-state index in [9.17, 15) is 4.79 Å². The first-order valence-corrected chi connectivity index (χ1v) is 9.78. The molecule has 3 aromatic rings. The van der Waals surface area contributed by atoms with E-state index in [1.54, 1.807) is 25.6 Å². The highest BCUT2D eigenvalue weighted by atomic mass is 35.5. The first kappa shape index (κ1) is 19.3. The smallest absolute Gasteiger partial charge is 0.226 e. The summed E-state index contributed by atoms with van der Waals surface area (Å²) >= 11 is 6.64. The number of anilines is 1. The van der Waals surface area contributed by atoms with Crippen LogP contribution in [0, 0.1) is 0 Å². The molecule has 2 aromatic heterocycles. The Morgan fingerprint density at radius 2 is 2.17 bits per heavy atom. The molecule has 1 aromatic carbocycles. The Balaban J connectivity index is 1.83. The van der Waals surface area contributed by atoms with Gasteiger partial charge in [-0.2, -0.15) is 5.10 Å². The molecule has 0 spiro atoms. The Bertz CT molecular complexity index is 1040. The van der Waals surface area contributed by atoms with Crippen LogP contribution in [-0.4, -0.2) is 34.8 Å². The number of carbonyl (C=O) groups excluding carboxylic acids is 1. The highest BCUT2D eigenvalue weighted by molar-refractivity contribution is 6.31. The van der Waals surface area contributed by atoms with Crippen LogP contribution in [0.4, 0.5) is 5.82 Å². The number of hydrogen-bond acceptors (Lipinski definition) is 5. The number of pyridine rings is 1. The number of carbonyl (C=O) groups is 1. The van der Waals surface area contributed by atoms with Gasteiger partial charge in [-0.3, -0.25) is 14.9 Å². The largest absolute Gasteiger partial charge is 0.493 e. The van der Waals surface area contributed by atoms with Crippen molar-refractivity contribution in [1.82, 2.24) is 15.2 Å². The zero-order chi connectivity index (χ0) is 20.4. The van der Waals surface area contributed by atoms with Gasteiger partial charge in [0.2, 0.25) is 5.91 Å². The fourth-order valence-electron chi connectivity index (χ4n) is 3.55. The number of nitrogens with zero attached hydrogens (tertiary/aromatic N) is 2. The van der Waals surface area contributed by atoms with E-state index in [4.69, 9.17) is 21.1 Å². The van der Waals surface area contributed by atoms with Gasteiger partial charge in [0.15, 0.2) is 17.3 Å². The summed E-state index contributed by atoms with van der Waals surface area (Å²) in [6.07, 6.45) is 4.59. The zero-order valence-electron chi connectivity index (χ0n) is 16.2. The van der Waals surface area contributed by atoms with Crippen molar-refractivity contribution in [3.63, 3.8) is 0 Å². The van der Waals surface area contributed by atoms with Gasteiger partial charge in [-0.05, 0) is 30.2 Å². The van der Waals surface area contributed by atoms with Crippen LogP contribution in [0.3, 0.4) is 0 Å². The summed E-state index contributed by atoms with van der Waals surface area (Å²) in [5.74, 6) is 1.27. The highest BCUT2D eigenvalue weighted by Crippen LogP contribution is 2.46. The normalized spacial score (nSPS) is 15.6. The van der Waals surface area contributed by atoms with E-state index < -0.39 is 0 Å². The van der Waals surface area contributed by atoms with Crippen LogP contribution in [0.25, 0.3) is 11.3 Å². The summed E-state index contributed by atoms with van der Waals surface area (Å²) in [6.45, 7) is 2.60. The summed E-state index contributed by atoms with van der Waals surface area (Å²) in [7, 11) is 1.59. The van der Waals surface area contributed by atoms with Crippen molar-refractivity contribution in [2.24, 2.45) is 0 Å². The molecule has 8 heteroatoms. The third kappa shape index (κ3) is 3.65. The Morgan fingerprint density at radius 1 is 1.31 bits per heavy atom. The van der Waals surface area contributed by atoms with Gasteiger partial charge >= 0.3 is 0 Å². The summed E-state index contributed by atoms with van der Waals surface area (Å²) in [6, 6.07) is 7.40. The summed E-state index contributed by atoms with van der Waals surface area (Å²) in [5.41, 5.74) is 3.35. The molecule has 1 aliphatic heterocycles. The standard InChI is InChI=1S/C21H21ClN4O3/c1-3-7-29-17-10-15(22)13(8-16(17)28-2)14-9-18(27)24-21-19(14)20(25-26-21)12-5-4-6-23-11-12/h4-6,8,10-11,14H,3,7,9H2,1-2H3,(H2,24,25,26,27). The number of fused-ring (bicyclic) bond motifs is 1. The molecule has 1 atom stereocenters. The van der Waals surface area contributed by atoms with Crippen molar-refractivity contribution in [3.05, 3.63) is 52.8 Å². The van der Waals surface area contributed by atoms with Crippen molar-refractivity contribution in [2.45, 2.75) is 25.7 Å². The topological polar surface area (TPSA) is 89.1 Å². The van der Waals surface area contributed by atoms with Gasteiger partial charge in [0.05, 0.1) is 19.4 Å². The van der Waals surface area contributed by atoms with Crippen molar-refractivity contribution in [1.29, 1.82) is 0 Å². The van der Waals surface area contributed by atoms with Gasteiger partial charge < -0.3 is 14.8 Å². The van der Waals surface area contributed by atoms with E-state index in [0.717, 1.165) is 28.8 Å². The second kappa shape index (κ2) is 8.13. The molecule has 1 aliphatic rings. The van der Waals surface area contributed by atoms with Gasteiger partial charge in [-0.15, -0.1) is 0 Å². The summed E-state index contributed by atoms with van der Waals surface area (Å²) in [5, 5.41) is 10.7. The Hall–Kier alpha value is -3.06. The number of rotatable bonds is 6. The number of amides is 1. The van der Waals surface area contributed by atoms with Crippen LogP contribution >= 0.6 is 11.6 Å². The van der Waals surface area contributed by atoms with Crippen LogP contribution in [0.2, 0.25) is 5.02 Å². The van der Waals surface area contributed by atoms with E-state index in [-0.39, 0.29) is 18.2 Å². The molecule has 1 amide bonds. The molecular formula is C21H21ClN4O3. The van der Waals surface area contributed by atoms with Gasteiger partial charge in [0, 0.05) is 46.9 Å². The number of H-pyrrole nitrogens is 1. The number of benzene rings is 1. The maximum absolute atomic E-state index is 12.4. The Labute approximate surface area is 173 Å². The number of aromatic nitrogens is 3. The van der Waals surface area contributed by atoms with E-state index in [1.165, 1.54) is 0 Å². The predicted molar refractivity (Wildman–Crippen MR) is 111 cm³/mol. The third-order valence-corrected chi connectivity index (χ3v) is 5.20. The van der Waals surface area contributed by atoms with Crippen molar-refractivity contribution in [2.75, 3.05) is 19.0 Å². The first-order chi connectivity index (χ1) is 14.1. The number of hydrogen-bond donors (Lipinski definition) is 2. The van der Waals surface area contributed by atoms with E-state index in [1.807, 2.05) is 25.1 Å². The quantitative estimate of drug-likeness (QED) is 0.626. The van der Waals surface area contributed by atoms with Crippen LogP contribution in [0.15, 0.2) is 36.7 Å². The molecule has 2 N–H and O–H groups in total. The van der Waals surface area contributed by atoms with Crippen molar-refractivity contribution >= 4 is 23.3 Å². The van der Waals surface area contributed by atoms with Crippen LogP contribution in [0.5, 0.6) is 11.5 Å². The molecule has 4 rings (SSSR count). The van der Waals surface area contributed by atoms with Gasteiger partial charge in [0.1, 0.15) is 0 Å². The fourth-order valence-corrected chi connectivity index (χ4v) is 3.84. The number of ether oxygens (including phenoxy) is 2. The average Bonchev–Trinajstić information content (AvgIpc) is 3.16. The number of nitrogens with one attached hydrogen (secondary N) is 2. The third-order valence-electron chi connectivity index (χ3n) is 4.87. The molecule has 7 nitrogen and oxygen atoms in total. The van der Waals surface area contributed by atoms with Gasteiger partial charge in [0.25, 0.3) is 0 Å². The van der Waals surface area contributed by atoms with Crippen molar-refractivity contribution in [3.8, 4) is 22.8 Å². The molecule has 0 radical (unpaired) electrons.